The lowest BCUT2D eigenvalue weighted by Gasteiger charge is -2.39. The largest absolute Gasteiger partial charge is 0.497 e. The number of hydrogen-bond donors (Lipinski definition) is 0. The van der Waals surface area contributed by atoms with E-state index in [0.717, 1.165) is 56.4 Å². The van der Waals surface area contributed by atoms with Gasteiger partial charge in [0.15, 0.2) is 0 Å². The molecule has 2 aromatic carbocycles. The standard InChI is InChI=1S/C28H36N2O3/c1-3-16-30(24-14-17-29(18-15-24)28(32)21-8-5-4-6-9-21)27(31)20-23-11-7-10-22-19-25(33-2)12-13-26(22)23/h4-6,8-9,12-13,19,23-24H,3,7,10-11,14-18,20H2,1-2H3. The van der Waals surface area contributed by atoms with E-state index in [-0.39, 0.29) is 23.8 Å². The van der Waals surface area contributed by atoms with Gasteiger partial charge in [-0.25, -0.2) is 0 Å². The van der Waals surface area contributed by atoms with Crippen LogP contribution in [0.25, 0.3) is 0 Å². The number of fused-ring (bicyclic) bond motifs is 1. The lowest BCUT2D eigenvalue weighted by Crippen LogP contribution is -2.49. The van der Waals surface area contributed by atoms with Crippen LogP contribution in [0.2, 0.25) is 0 Å². The van der Waals surface area contributed by atoms with E-state index in [1.165, 1.54) is 11.1 Å². The molecule has 5 nitrogen and oxygen atoms in total. The number of methoxy groups -OCH3 is 1. The molecule has 1 saturated heterocycles. The second-order valence-corrected chi connectivity index (χ2v) is 9.33. The Morgan fingerprint density at radius 1 is 1.06 bits per heavy atom. The molecule has 0 aromatic heterocycles. The van der Waals surface area contributed by atoms with Crippen LogP contribution in [-0.4, -0.2) is 54.4 Å². The predicted octanol–water partition coefficient (Wildman–Crippen LogP) is 5.05. The molecule has 0 N–H and O–H groups in total. The van der Waals surface area contributed by atoms with Crippen molar-refractivity contribution in [2.45, 2.75) is 63.8 Å². The minimum Gasteiger partial charge on any atom is -0.497 e. The van der Waals surface area contributed by atoms with E-state index in [4.69, 9.17) is 4.74 Å². The lowest BCUT2D eigenvalue weighted by atomic mass is 9.80. The van der Waals surface area contributed by atoms with Crippen molar-refractivity contribution in [3.05, 3.63) is 65.2 Å². The molecule has 1 unspecified atom stereocenters. The number of likely N-dealkylation sites (tertiary alicyclic amines) is 1. The molecule has 0 spiro atoms. The second-order valence-electron chi connectivity index (χ2n) is 9.33. The van der Waals surface area contributed by atoms with Crippen molar-refractivity contribution >= 4 is 11.8 Å². The van der Waals surface area contributed by atoms with E-state index in [9.17, 15) is 9.59 Å². The van der Waals surface area contributed by atoms with Crippen LogP contribution in [0.5, 0.6) is 5.75 Å². The average molecular weight is 449 g/mol. The molecule has 0 saturated carbocycles. The zero-order valence-corrected chi connectivity index (χ0v) is 20.0. The minimum atomic E-state index is 0.0941. The van der Waals surface area contributed by atoms with Crippen LogP contribution in [0.1, 0.15) is 72.9 Å². The molecule has 33 heavy (non-hydrogen) atoms. The van der Waals surface area contributed by atoms with Crippen LogP contribution < -0.4 is 4.74 Å². The quantitative estimate of drug-likeness (QED) is 0.596. The van der Waals surface area contributed by atoms with Gasteiger partial charge in [-0.3, -0.25) is 9.59 Å². The van der Waals surface area contributed by atoms with Gasteiger partial charge in [-0.15, -0.1) is 0 Å². The highest BCUT2D eigenvalue weighted by atomic mass is 16.5. The zero-order chi connectivity index (χ0) is 23.2. The fraction of sp³-hybridized carbons (Fsp3) is 0.500. The first-order valence-corrected chi connectivity index (χ1v) is 12.4. The van der Waals surface area contributed by atoms with Gasteiger partial charge in [-0.05, 0) is 79.8 Å². The van der Waals surface area contributed by atoms with Crippen molar-refractivity contribution in [2.24, 2.45) is 0 Å². The molecule has 2 aliphatic rings. The molecule has 5 heteroatoms. The van der Waals surface area contributed by atoms with Gasteiger partial charge >= 0.3 is 0 Å². The summed E-state index contributed by atoms with van der Waals surface area (Å²) in [4.78, 5) is 30.3. The number of hydrogen-bond acceptors (Lipinski definition) is 3. The molecule has 176 valence electrons. The van der Waals surface area contributed by atoms with Gasteiger partial charge in [0.2, 0.25) is 5.91 Å². The Morgan fingerprint density at radius 3 is 2.52 bits per heavy atom. The zero-order valence-electron chi connectivity index (χ0n) is 20.0. The van der Waals surface area contributed by atoms with Gasteiger partial charge in [-0.2, -0.15) is 0 Å². The van der Waals surface area contributed by atoms with Crippen molar-refractivity contribution in [1.29, 1.82) is 0 Å². The van der Waals surface area contributed by atoms with Crippen LogP contribution in [0.4, 0.5) is 0 Å². The van der Waals surface area contributed by atoms with Crippen LogP contribution in [0.15, 0.2) is 48.5 Å². The predicted molar refractivity (Wildman–Crippen MR) is 131 cm³/mol. The first kappa shape index (κ1) is 23.3. The van der Waals surface area contributed by atoms with E-state index in [1.807, 2.05) is 41.3 Å². The van der Waals surface area contributed by atoms with E-state index in [0.29, 0.717) is 19.5 Å². The Balaban J connectivity index is 1.39. The van der Waals surface area contributed by atoms with Crippen molar-refractivity contribution in [2.75, 3.05) is 26.7 Å². The number of amides is 2. The minimum absolute atomic E-state index is 0.0941. The Labute approximate surface area is 197 Å². The SMILES string of the molecule is CCCN(C(=O)CC1CCCc2cc(OC)ccc21)C1CCN(C(=O)c2ccccc2)CC1. The van der Waals surface area contributed by atoms with Gasteiger partial charge in [0.05, 0.1) is 7.11 Å². The first-order chi connectivity index (χ1) is 16.1. The highest BCUT2D eigenvalue weighted by molar-refractivity contribution is 5.94. The number of aryl methyl sites for hydroxylation is 1. The molecular weight excluding hydrogens is 412 g/mol. The monoisotopic (exact) mass is 448 g/mol. The van der Waals surface area contributed by atoms with Crippen molar-refractivity contribution < 1.29 is 14.3 Å². The summed E-state index contributed by atoms with van der Waals surface area (Å²) in [6, 6.07) is 16.0. The highest BCUT2D eigenvalue weighted by Crippen LogP contribution is 2.36. The number of carbonyl (C=O) groups excluding carboxylic acids is 2. The topological polar surface area (TPSA) is 49.9 Å². The number of ether oxygens (including phenoxy) is 1. The second kappa shape index (κ2) is 10.9. The molecule has 1 atom stereocenters. The summed E-state index contributed by atoms with van der Waals surface area (Å²) >= 11 is 0. The van der Waals surface area contributed by atoms with Crippen molar-refractivity contribution in [3.8, 4) is 5.75 Å². The van der Waals surface area contributed by atoms with E-state index >= 15 is 0 Å². The first-order valence-electron chi connectivity index (χ1n) is 12.4. The van der Waals surface area contributed by atoms with Crippen molar-refractivity contribution in [3.63, 3.8) is 0 Å². The summed E-state index contributed by atoms with van der Waals surface area (Å²) in [5.74, 6) is 1.53. The molecule has 1 fully saturated rings. The van der Waals surface area contributed by atoms with Crippen LogP contribution in [0.3, 0.4) is 0 Å². The average Bonchev–Trinajstić information content (AvgIpc) is 2.87. The van der Waals surface area contributed by atoms with E-state index in [1.54, 1.807) is 7.11 Å². The molecule has 0 radical (unpaired) electrons. The number of nitrogens with zero attached hydrogens (tertiary/aromatic N) is 2. The Kier molecular flexibility index (Phi) is 7.69. The summed E-state index contributed by atoms with van der Waals surface area (Å²) in [5.41, 5.74) is 3.38. The van der Waals surface area contributed by atoms with Crippen LogP contribution >= 0.6 is 0 Å². The third-order valence-corrected chi connectivity index (χ3v) is 7.21. The Morgan fingerprint density at radius 2 is 1.82 bits per heavy atom. The molecule has 0 bridgehead atoms. The molecule has 2 amide bonds. The van der Waals surface area contributed by atoms with E-state index in [2.05, 4.69) is 24.0 Å². The molecule has 4 rings (SSSR count). The molecule has 1 aliphatic carbocycles. The molecule has 1 heterocycles. The van der Waals surface area contributed by atoms with Gasteiger partial charge in [0, 0.05) is 37.7 Å². The van der Waals surface area contributed by atoms with Gasteiger partial charge in [0.25, 0.3) is 5.91 Å². The summed E-state index contributed by atoms with van der Waals surface area (Å²) in [7, 11) is 1.70. The van der Waals surface area contributed by atoms with Crippen LogP contribution in [-0.2, 0) is 11.2 Å². The fourth-order valence-electron chi connectivity index (χ4n) is 5.45. The van der Waals surface area contributed by atoms with Crippen LogP contribution in [0, 0.1) is 0 Å². The summed E-state index contributed by atoms with van der Waals surface area (Å²) in [6.45, 7) is 4.34. The molecular formula is C28H36N2O3. The maximum absolute atomic E-state index is 13.5. The number of carbonyl (C=O) groups is 2. The summed E-state index contributed by atoms with van der Waals surface area (Å²) in [6.07, 6.45) is 6.46. The smallest absolute Gasteiger partial charge is 0.253 e. The molecule has 1 aliphatic heterocycles. The highest BCUT2D eigenvalue weighted by Gasteiger charge is 2.31. The number of benzene rings is 2. The number of piperidine rings is 1. The molecule has 2 aromatic rings. The van der Waals surface area contributed by atoms with Gasteiger partial charge in [-0.1, -0.05) is 31.2 Å². The lowest BCUT2D eigenvalue weighted by molar-refractivity contribution is -0.135. The summed E-state index contributed by atoms with van der Waals surface area (Å²) in [5, 5.41) is 0. The van der Waals surface area contributed by atoms with Gasteiger partial charge < -0.3 is 14.5 Å². The Bertz CT molecular complexity index is 951. The third kappa shape index (κ3) is 5.40. The Hall–Kier alpha value is -2.82. The van der Waals surface area contributed by atoms with E-state index < -0.39 is 0 Å². The summed E-state index contributed by atoms with van der Waals surface area (Å²) < 4.78 is 5.40. The third-order valence-electron chi connectivity index (χ3n) is 7.21. The van der Waals surface area contributed by atoms with Gasteiger partial charge in [0.1, 0.15) is 5.75 Å². The maximum atomic E-state index is 13.5. The maximum Gasteiger partial charge on any atom is 0.253 e. The fourth-order valence-corrected chi connectivity index (χ4v) is 5.45. The normalized spacial score (nSPS) is 18.5. The number of rotatable bonds is 7. The van der Waals surface area contributed by atoms with Crippen molar-refractivity contribution in [1.82, 2.24) is 9.80 Å².